The summed E-state index contributed by atoms with van der Waals surface area (Å²) in [6.45, 7) is 0. The number of carbonyl (C=O) groups is 1. The number of carbonyl (C=O) groups excluding carboxylic acids is 1. The molecule has 126 valence electrons. The highest BCUT2D eigenvalue weighted by Crippen LogP contribution is 2.45. The minimum atomic E-state index is -0.835. The van der Waals surface area contributed by atoms with Crippen molar-refractivity contribution < 1.29 is 9.53 Å². The second kappa shape index (κ2) is 8.04. The van der Waals surface area contributed by atoms with Crippen LogP contribution in [-0.4, -0.2) is 13.1 Å². The van der Waals surface area contributed by atoms with Gasteiger partial charge in [-0.25, -0.2) is 0 Å². The quantitative estimate of drug-likeness (QED) is 0.458. The van der Waals surface area contributed by atoms with E-state index in [0.29, 0.717) is 6.42 Å². The number of thioether (sulfide) groups is 1. The Kier molecular flexibility index (Phi) is 5.56. The molecule has 3 rings (SSSR count). The zero-order valence-electron chi connectivity index (χ0n) is 14.1. The molecule has 0 fully saturated rings. The Balaban J connectivity index is 2.11. The van der Waals surface area contributed by atoms with E-state index in [1.165, 1.54) is 7.11 Å². The zero-order chi connectivity index (χ0) is 17.5. The molecular formula is C22H20O2S. The van der Waals surface area contributed by atoms with Crippen molar-refractivity contribution in [1.29, 1.82) is 0 Å². The Morgan fingerprint density at radius 3 is 1.92 bits per heavy atom. The summed E-state index contributed by atoms with van der Waals surface area (Å²) in [6.07, 6.45) is 0.560. The minimum Gasteiger partial charge on any atom is -0.468 e. The van der Waals surface area contributed by atoms with Gasteiger partial charge in [-0.3, -0.25) is 4.79 Å². The molecule has 0 aromatic heterocycles. The minimum absolute atomic E-state index is 0.239. The lowest BCUT2D eigenvalue weighted by Gasteiger charge is -2.31. The molecule has 0 aliphatic carbocycles. The molecule has 3 heteroatoms. The first kappa shape index (κ1) is 17.3. The normalized spacial score (nSPS) is 13.0. The van der Waals surface area contributed by atoms with E-state index in [-0.39, 0.29) is 5.97 Å². The second-order valence-electron chi connectivity index (χ2n) is 5.76. The molecule has 3 aromatic carbocycles. The van der Waals surface area contributed by atoms with E-state index >= 15 is 0 Å². The first-order valence-electron chi connectivity index (χ1n) is 8.16. The van der Waals surface area contributed by atoms with Crippen LogP contribution in [0.15, 0.2) is 95.9 Å². The van der Waals surface area contributed by atoms with E-state index in [1.54, 1.807) is 11.8 Å². The third-order valence-electron chi connectivity index (χ3n) is 4.09. The van der Waals surface area contributed by atoms with Crippen LogP contribution in [0.4, 0.5) is 0 Å². The third kappa shape index (κ3) is 3.94. The Morgan fingerprint density at radius 1 is 0.840 bits per heavy atom. The molecule has 0 amide bonds. The summed E-state index contributed by atoms with van der Waals surface area (Å²) >= 11 is 1.54. The number of hydrogen-bond acceptors (Lipinski definition) is 3. The van der Waals surface area contributed by atoms with Gasteiger partial charge in [0.2, 0.25) is 0 Å². The van der Waals surface area contributed by atoms with Crippen molar-refractivity contribution in [1.82, 2.24) is 0 Å². The fourth-order valence-corrected chi connectivity index (χ4v) is 4.23. The Morgan fingerprint density at radius 2 is 1.36 bits per heavy atom. The van der Waals surface area contributed by atoms with Gasteiger partial charge in [-0.2, -0.15) is 0 Å². The molecule has 0 aliphatic heterocycles. The van der Waals surface area contributed by atoms with Crippen LogP contribution in [0.3, 0.4) is 0 Å². The molecule has 0 aliphatic rings. The molecule has 0 saturated heterocycles. The van der Waals surface area contributed by atoms with Crippen LogP contribution >= 0.6 is 11.8 Å². The maximum Gasteiger partial charge on any atom is 0.327 e. The van der Waals surface area contributed by atoms with Crippen LogP contribution in [0.25, 0.3) is 0 Å². The van der Waals surface area contributed by atoms with E-state index < -0.39 is 4.75 Å². The predicted molar refractivity (Wildman–Crippen MR) is 103 cm³/mol. The summed E-state index contributed by atoms with van der Waals surface area (Å²) in [5.41, 5.74) is 2.04. The predicted octanol–water partition coefficient (Wildman–Crippen LogP) is 5.09. The van der Waals surface area contributed by atoms with Gasteiger partial charge in [-0.05, 0) is 23.3 Å². The topological polar surface area (TPSA) is 26.3 Å². The molecule has 0 heterocycles. The third-order valence-corrected chi connectivity index (χ3v) is 5.49. The van der Waals surface area contributed by atoms with E-state index in [2.05, 4.69) is 0 Å². The van der Waals surface area contributed by atoms with Crippen LogP contribution in [0.5, 0.6) is 0 Å². The fourth-order valence-electron chi connectivity index (χ4n) is 2.87. The molecule has 25 heavy (non-hydrogen) atoms. The van der Waals surface area contributed by atoms with Gasteiger partial charge >= 0.3 is 5.97 Å². The van der Waals surface area contributed by atoms with Gasteiger partial charge in [0.15, 0.2) is 0 Å². The number of hydrogen-bond donors (Lipinski definition) is 0. The second-order valence-corrected chi connectivity index (χ2v) is 7.13. The Bertz CT molecular complexity index is 760. The van der Waals surface area contributed by atoms with E-state index in [0.717, 1.165) is 16.0 Å². The van der Waals surface area contributed by atoms with Crippen molar-refractivity contribution in [2.75, 3.05) is 7.11 Å². The first-order chi connectivity index (χ1) is 12.2. The van der Waals surface area contributed by atoms with Gasteiger partial charge in [-0.15, -0.1) is 11.8 Å². The van der Waals surface area contributed by atoms with Crippen LogP contribution in [0.2, 0.25) is 0 Å². The summed E-state index contributed by atoms with van der Waals surface area (Å²) in [6, 6.07) is 29.9. The molecule has 0 bridgehead atoms. The smallest absolute Gasteiger partial charge is 0.327 e. The van der Waals surface area contributed by atoms with Crippen LogP contribution in [-0.2, 0) is 20.7 Å². The maximum atomic E-state index is 13.0. The molecule has 0 radical (unpaired) electrons. The molecule has 1 unspecified atom stereocenters. The standard InChI is InChI=1S/C22H20O2S/c1-24-21(23)22(19-13-7-3-8-14-19,17-18-11-5-2-6-12-18)25-20-15-9-4-10-16-20/h2-16H,17H2,1H3. The number of rotatable bonds is 6. The van der Waals surface area contributed by atoms with Gasteiger partial charge in [0.05, 0.1) is 7.11 Å². The average Bonchev–Trinajstić information content (AvgIpc) is 2.69. The van der Waals surface area contributed by atoms with Crippen molar-refractivity contribution in [2.45, 2.75) is 16.1 Å². The van der Waals surface area contributed by atoms with Crippen LogP contribution in [0.1, 0.15) is 11.1 Å². The number of esters is 1. The lowest BCUT2D eigenvalue weighted by Crippen LogP contribution is -2.36. The summed E-state index contributed by atoms with van der Waals surface area (Å²) in [5, 5.41) is 0. The van der Waals surface area contributed by atoms with Gasteiger partial charge in [0, 0.05) is 11.3 Å². The first-order valence-corrected chi connectivity index (χ1v) is 8.98. The van der Waals surface area contributed by atoms with Crippen molar-refractivity contribution in [3.05, 3.63) is 102 Å². The lowest BCUT2D eigenvalue weighted by molar-refractivity contribution is -0.143. The number of ether oxygens (including phenoxy) is 1. The highest BCUT2D eigenvalue weighted by atomic mass is 32.2. The van der Waals surface area contributed by atoms with E-state index in [9.17, 15) is 4.79 Å². The molecule has 0 N–H and O–H groups in total. The fraction of sp³-hybridized carbons (Fsp3) is 0.136. The largest absolute Gasteiger partial charge is 0.468 e. The lowest BCUT2D eigenvalue weighted by atomic mass is 9.91. The maximum absolute atomic E-state index is 13.0. The van der Waals surface area contributed by atoms with Gasteiger partial charge in [0.25, 0.3) is 0 Å². The Labute approximate surface area is 152 Å². The highest BCUT2D eigenvalue weighted by molar-refractivity contribution is 8.01. The van der Waals surface area contributed by atoms with Gasteiger partial charge in [0.1, 0.15) is 4.75 Å². The van der Waals surface area contributed by atoms with Gasteiger partial charge in [-0.1, -0.05) is 78.9 Å². The molecule has 3 aromatic rings. The van der Waals surface area contributed by atoms with Crippen molar-refractivity contribution in [2.24, 2.45) is 0 Å². The van der Waals surface area contributed by atoms with E-state index in [4.69, 9.17) is 4.74 Å². The molecule has 0 saturated carbocycles. The van der Waals surface area contributed by atoms with E-state index in [1.807, 2.05) is 91.0 Å². The highest BCUT2D eigenvalue weighted by Gasteiger charge is 2.42. The van der Waals surface area contributed by atoms with Crippen LogP contribution < -0.4 is 0 Å². The molecule has 0 spiro atoms. The summed E-state index contributed by atoms with van der Waals surface area (Å²) in [4.78, 5) is 14.0. The van der Waals surface area contributed by atoms with Crippen molar-refractivity contribution in [3.63, 3.8) is 0 Å². The summed E-state index contributed by atoms with van der Waals surface area (Å²) < 4.78 is 4.42. The summed E-state index contributed by atoms with van der Waals surface area (Å²) in [5.74, 6) is -0.239. The molecular weight excluding hydrogens is 328 g/mol. The summed E-state index contributed by atoms with van der Waals surface area (Å²) in [7, 11) is 1.45. The number of methoxy groups -OCH3 is 1. The molecule has 1 atom stereocenters. The van der Waals surface area contributed by atoms with Crippen molar-refractivity contribution in [3.8, 4) is 0 Å². The van der Waals surface area contributed by atoms with Gasteiger partial charge < -0.3 is 4.74 Å². The number of benzene rings is 3. The van der Waals surface area contributed by atoms with Crippen molar-refractivity contribution >= 4 is 17.7 Å². The zero-order valence-corrected chi connectivity index (χ0v) is 14.9. The van der Waals surface area contributed by atoms with Crippen LogP contribution in [0, 0.1) is 0 Å². The molecule has 2 nitrogen and oxygen atoms in total. The Hall–Kier alpha value is -2.52. The monoisotopic (exact) mass is 348 g/mol. The SMILES string of the molecule is COC(=O)C(Cc1ccccc1)(Sc1ccccc1)c1ccccc1. The average molecular weight is 348 g/mol.